The van der Waals surface area contributed by atoms with Gasteiger partial charge in [0, 0.05) is 12.0 Å². The maximum atomic E-state index is 12.1. The van der Waals surface area contributed by atoms with Crippen molar-refractivity contribution >= 4 is 5.78 Å². The number of rotatable bonds is 7. The molecule has 0 N–H and O–H groups in total. The van der Waals surface area contributed by atoms with Gasteiger partial charge in [0.05, 0.1) is 0 Å². The van der Waals surface area contributed by atoms with E-state index in [1.54, 1.807) is 12.1 Å². The molecule has 1 rings (SSSR count). The highest BCUT2D eigenvalue weighted by atomic mass is 19.3. The second kappa shape index (κ2) is 7.09. The molecule has 1 aromatic rings. The van der Waals surface area contributed by atoms with Gasteiger partial charge in [0.2, 0.25) is 0 Å². The maximum absolute atomic E-state index is 12.1. The van der Waals surface area contributed by atoms with Crippen molar-refractivity contribution in [1.82, 2.24) is 0 Å². The van der Waals surface area contributed by atoms with Crippen molar-refractivity contribution in [2.24, 2.45) is 5.92 Å². The summed E-state index contributed by atoms with van der Waals surface area (Å²) >= 11 is 0. The third kappa shape index (κ3) is 4.82. The van der Waals surface area contributed by atoms with Crippen molar-refractivity contribution < 1.29 is 18.3 Å². The summed E-state index contributed by atoms with van der Waals surface area (Å²) < 4.78 is 28.4. The second-order valence-electron chi connectivity index (χ2n) is 4.43. The summed E-state index contributed by atoms with van der Waals surface area (Å²) in [5.41, 5.74) is 0.427. The fourth-order valence-electron chi connectivity index (χ4n) is 1.87. The number of hydrogen-bond acceptors (Lipinski definition) is 2. The van der Waals surface area contributed by atoms with Crippen molar-refractivity contribution in [3.8, 4) is 5.75 Å². The lowest BCUT2D eigenvalue weighted by Crippen LogP contribution is -2.07. The summed E-state index contributed by atoms with van der Waals surface area (Å²) in [6.07, 6.45) is 2.45. The second-order valence-corrected chi connectivity index (χ2v) is 4.43. The molecule has 1 unspecified atom stereocenters. The Kier molecular flexibility index (Phi) is 5.75. The topological polar surface area (TPSA) is 26.3 Å². The van der Waals surface area contributed by atoms with Gasteiger partial charge in [-0.1, -0.05) is 38.8 Å². The number of carbonyl (C=O) groups excluding carboxylic acids is 1. The highest BCUT2D eigenvalue weighted by molar-refractivity contribution is 5.96. The van der Waals surface area contributed by atoms with Crippen molar-refractivity contribution in [3.63, 3.8) is 0 Å². The Hall–Kier alpha value is -1.45. The van der Waals surface area contributed by atoms with Crippen LogP contribution in [0.3, 0.4) is 0 Å². The van der Waals surface area contributed by atoms with Gasteiger partial charge < -0.3 is 4.74 Å². The number of ether oxygens (including phenoxy) is 1. The molecule has 0 aliphatic heterocycles. The van der Waals surface area contributed by atoms with E-state index < -0.39 is 6.61 Å². The Morgan fingerprint density at radius 2 is 2.11 bits per heavy atom. The zero-order chi connectivity index (χ0) is 13.5. The van der Waals surface area contributed by atoms with Crippen LogP contribution in [0.5, 0.6) is 5.75 Å². The highest BCUT2D eigenvalue weighted by Gasteiger charge is 2.12. The molecule has 2 nitrogen and oxygen atoms in total. The Morgan fingerprint density at radius 1 is 1.39 bits per heavy atom. The first-order valence-corrected chi connectivity index (χ1v) is 6.11. The van der Waals surface area contributed by atoms with E-state index in [0.29, 0.717) is 17.9 Å². The SMILES string of the molecule is CCCC(C)CC(=O)c1cccc(OC(F)F)c1. The van der Waals surface area contributed by atoms with Gasteiger partial charge in [-0.05, 0) is 18.1 Å². The van der Waals surface area contributed by atoms with E-state index in [0.717, 1.165) is 12.8 Å². The lowest BCUT2D eigenvalue weighted by Gasteiger charge is -2.10. The molecule has 18 heavy (non-hydrogen) atoms. The summed E-state index contributed by atoms with van der Waals surface area (Å²) in [5, 5.41) is 0. The van der Waals surface area contributed by atoms with Gasteiger partial charge in [0.25, 0.3) is 0 Å². The van der Waals surface area contributed by atoms with Gasteiger partial charge in [0.1, 0.15) is 5.75 Å². The minimum absolute atomic E-state index is 0.0268. The van der Waals surface area contributed by atoms with E-state index in [1.165, 1.54) is 12.1 Å². The molecule has 4 heteroatoms. The number of alkyl halides is 2. The van der Waals surface area contributed by atoms with Crippen molar-refractivity contribution in [2.45, 2.75) is 39.7 Å². The molecular weight excluding hydrogens is 238 g/mol. The van der Waals surface area contributed by atoms with Crippen LogP contribution in [-0.4, -0.2) is 12.4 Å². The van der Waals surface area contributed by atoms with Crippen molar-refractivity contribution in [1.29, 1.82) is 0 Å². The van der Waals surface area contributed by atoms with E-state index >= 15 is 0 Å². The van der Waals surface area contributed by atoms with E-state index in [1.807, 2.05) is 6.92 Å². The fourth-order valence-corrected chi connectivity index (χ4v) is 1.87. The molecule has 1 atom stereocenters. The molecule has 0 heterocycles. The Balaban J connectivity index is 2.68. The lowest BCUT2D eigenvalue weighted by atomic mass is 9.96. The predicted molar refractivity (Wildman–Crippen MR) is 66.1 cm³/mol. The summed E-state index contributed by atoms with van der Waals surface area (Å²) in [4.78, 5) is 11.9. The average Bonchev–Trinajstić information content (AvgIpc) is 2.28. The summed E-state index contributed by atoms with van der Waals surface area (Å²) in [6, 6.07) is 5.96. The van der Waals surface area contributed by atoms with Crippen LogP contribution in [0.1, 0.15) is 43.5 Å². The number of benzene rings is 1. The van der Waals surface area contributed by atoms with Crippen LogP contribution in [0.2, 0.25) is 0 Å². The predicted octanol–water partition coefficient (Wildman–Crippen LogP) is 4.30. The van der Waals surface area contributed by atoms with Crippen LogP contribution in [0.4, 0.5) is 8.78 Å². The van der Waals surface area contributed by atoms with Crippen LogP contribution < -0.4 is 4.74 Å². The third-order valence-corrected chi connectivity index (χ3v) is 2.70. The quantitative estimate of drug-likeness (QED) is 0.680. The zero-order valence-corrected chi connectivity index (χ0v) is 10.7. The summed E-state index contributed by atoms with van der Waals surface area (Å²) in [7, 11) is 0. The first-order chi connectivity index (χ1) is 8.52. The largest absolute Gasteiger partial charge is 0.435 e. The number of carbonyl (C=O) groups is 1. The molecular formula is C14H18F2O2. The molecule has 0 amide bonds. The van der Waals surface area contributed by atoms with Crippen LogP contribution >= 0.6 is 0 Å². The van der Waals surface area contributed by atoms with Gasteiger partial charge in [-0.15, -0.1) is 0 Å². The van der Waals surface area contributed by atoms with Gasteiger partial charge in [-0.3, -0.25) is 4.79 Å². The number of hydrogen-bond donors (Lipinski definition) is 0. The third-order valence-electron chi connectivity index (χ3n) is 2.70. The molecule has 0 spiro atoms. The van der Waals surface area contributed by atoms with E-state index in [9.17, 15) is 13.6 Å². The van der Waals surface area contributed by atoms with Crippen LogP contribution in [-0.2, 0) is 0 Å². The Morgan fingerprint density at radius 3 is 2.72 bits per heavy atom. The number of halogens is 2. The Labute approximate surface area is 106 Å². The molecule has 0 saturated carbocycles. The minimum atomic E-state index is -2.87. The lowest BCUT2D eigenvalue weighted by molar-refractivity contribution is -0.0498. The van der Waals surface area contributed by atoms with E-state index in [2.05, 4.69) is 11.7 Å². The van der Waals surface area contributed by atoms with Gasteiger partial charge >= 0.3 is 6.61 Å². The molecule has 0 saturated heterocycles. The highest BCUT2D eigenvalue weighted by Crippen LogP contribution is 2.19. The molecule has 0 aliphatic carbocycles. The summed E-state index contributed by atoms with van der Waals surface area (Å²) in [5.74, 6) is 0.303. The first-order valence-electron chi connectivity index (χ1n) is 6.11. The van der Waals surface area contributed by atoms with Gasteiger partial charge in [-0.2, -0.15) is 8.78 Å². The Bertz CT molecular complexity index is 391. The number of ketones is 1. The molecule has 1 aromatic carbocycles. The molecule has 100 valence electrons. The summed E-state index contributed by atoms with van der Waals surface area (Å²) in [6.45, 7) is 1.22. The fraction of sp³-hybridized carbons (Fsp3) is 0.500. The van der Waals surface area contributed by atoms with Crippen LogP contribution in [0.25, 0.3) is 0 Å². The van der Waals surface area contributed by atoms with Crippen LogP contribution in [0, 0.1) is 5.92 Å². The molecule has 0 aliphatic rings. The average molecular weight is 256 g/mol. The molecule has 0 radical (unpaired) electrons. The maximum Gasteiger partial charge on any atom is 0.387 e. The number of Topliss-reactive ketones (excluding diaryl/α,β-unsaturated/α-hetero) is 1. The van der Waals surface area contributed by atoms with Crippen LogP contribution in [0.15, 0.2) is 24.3 Å². The standard InChI is InChI=1S/C14H18F2O2/c1-3-5-10(2)8-13(17)11-6-4-7-12(9-11)18-14(15)16/h4,6-7,9-10,14H,3,5,8H2,1-2H3. The monoisotopic (exact) mass is 256 g/mol. The van der Waals surface area contributed by atoms with E-state index in [-0.39, 0.29) is 11.5 Å². The van der Waals surface area contributed by atoms with Crippen molar-refractivity contribution in [2.75, 3.05) is 0 Å². The molecule has 0 bridgehead atoms. The smallest absolute Gasteiger partial charge is 0.387 e. The minimum Gasteiger partial charge on any atom is -0.435 e. The van der Waals surface area contributed by atoms with Gasteiger partial charge in [-0.25, -0.2) is 0 Å². The molecule has 0 aromatic heterocycles. The normalized spacial score (nSPS) is 12.5. The van der Waals surface area contributed by atoms with Crippen molar-refractivity contribution in [3.05, 3.63) is 29.8 Å². The van der Waals surface area contributed by atoms with Gasteiger partial charge in [0.15, 0.2) is 5.78 Å². The molecule has 0 fully saturated rings. The first kappa shape index (κ1) is 14.6. The zero-order valence-electron chi connectivity index (χ0n) is 10.7. The van der Waals surface area contributed by atoms with E-state index in [4.69, 9.17) is 0 Å².